The third kappa shape index (κ3) is 3.49. The zero-order chi connectivity index (χ0) is 16.5. The first-order valence-electron chi connectivity index (χ1n) is 5.93. The molecule has 22 heavy (non-hydrogen) atoms. The Morgan fingerprint density at radius 3 is 2.18 bits per heavy atom. The maximum atomic E-state index is 12.1. The van der Waals surface area contributed by atoms with Gasteiger partial charge < -0.3 is 4.98 Å². The number of hydrogen-bond donors (Lipinski definition) is 2. The molecule has 2 rings (SSSR count). The van der Waals surface area contributed by atoms with Crippen molar-refractivity contribution >= 4 is 44.9 Å². The monoisotopic (exact) mass is 360 g/mol. The number of Topliss-reactive ketones (excluding diaryl/α,β-unsaturated/α-hetero) is 1. The van der Waals surface area contributed by atoms with Crippen LogP contribution in [0.25, 0.3) is 0 Å². The molecule has 0 aliphatic carbocycles. The third-order valence-corrected chi connectivity index (χ3v) is 4.81. The molecule has 2 N–H and O–H groups in total. The molecular weight excluding hydrogens is 351 g/mol. The van der Waals surface area contributed by atoms with Crippen LogP contribution in [0.3, 0.4) is 0 Å². The Balaban J connectivity index is 2.23. The fourth-order valence-electron chi connectivity index (χ4n) is 1.63. The lowest BCUT2D eigenvalue weighted by molar-refractivity contribution is 0.0975. The number of halogens is 2. The fraction of sp³-hybridized carbons (Fsp3) is 0.0769. The molecule has 0 radical (unpaired) electrons. The van der Waals surface area contributed by atoms with Gasteiger partial charge in [-0.15, -0.1) is 0 Å². The second kappa shape index (κ2) is 6.12. The molecular formula is C13H10Cl2N2O4S. The van der Waals surface area contributed by atoms with Crippen LogP contribution >= 0.6 is 23.2 Å². The van der Waals surface area contributed by atoms with Crippen LogP contribution in [-0.2, 0) is 10.0 Å². The lowest BCUT2D eigenvalue weighted by Crippen LogP contribution is -2.30. The van der Waals surface area contributed by atoms with E-state index in [2.05, 4.69) is 4.98 Å². The van der Waals surface area contributed by atoms with Crippen LogP contribution in [0, 0.1) is 0 Å². The summed E-state index contributed by atoms with van der Waals surface area (Å²) in [5.41, 5.74) is 0.284. The number of amides is 1. The molecule has 1 heterocycles. The smallest absolute Gasteiger partial charge is 0.281 e. The highest BCUT2D eigenvalue weighted by Crippen LogP contribution is 2.22. The van der Waals surface area contributed by atoms with Gasteiger partial charge in [-0.3, -0.25) is 9.59 Å². The van der Waals surface area contributed by atoms with Crippen molar-refractivity contribution in [3.8, 4) is 0 Å². The number of H-pyrrole nitrogens is 1. The van der Waals surface area contributed by atoms with Gasteiger partial charge >= 0.3 is 0 Å². The largest absolute Gasteiger partial charge is 0.340 e. The number of carbonyl (C=O) groups excluding carboxylic acids is 2. The van der Waals surface area contributed by atoms with Crippen molar-refractivity contribution in [2.45, 2.75) is 11.8 Å². The number of ketones is 1. The molecule has 9 heteroatoms. The molecule has 0 saturated carbocycles. The van der Waals surface area contributed by atoms with Gasteiger partial charge in [0.25, 0.3) is 15.9 Å². The van der Waals surface area contributed by atoms with E-state index in [1.807, 2.05) is 4.72 Å². The van der Waals surface area contributed by atoms with Gasteiger partial charge in [-0.1, -0.05) is 35.3 Å². The lowest BCUT2D eigenvalue weighted by Gasteiger charge is -2.06. The molecule has 1 amide bonds. The Morgan fingerprint density at radius 2 is 1.73 bits per heavy atom. The van der Waals surface area contributed by atoms with E-state index in [0.717, 1.165) is 0 Å². The van der Waals surface area contributed by atoms with Gasteiger partial charge in [0.15, 0.2) is 5.78 Å². The van der Waals surface area contributed by atoms with E-state index < -0.39 is 15.9 Å². The minimum atomic E-state index is -4.07. The Bertz CT molecular complexity index is 822. The first-order valence-corrected chi connectivity index (χ1v) is 8.17. The lowest BCUT2D eigenvalue weighted by atomic mass is 10.2. The average molecular weight is 361 g/mol. The standard InChI is InChI=1S/C13H10Cl2N2O4S/c1-7(18)8-2-4-9(5-3-8)22(20,21)17-13(19)11-6-10(14)12(15)16-11/h2-6,16H,1H3,(H,17,19). The van der Waals surface area contributed by atoms with E-state index in [-0.39, 0.29) is 26.5 Å². The highest BCUT2D eigenvalue weighted by Gasteiger charge is 2.20. The summed E-state index contributed by atoms with van der Waals surface area (Å²) in [4.78, 5) is 25.3. The molecule has 0 aliphatic rings. The molecule has 1 aromatic carbocycles. The van der Waals surface area contributed by atoms with Crippen LogP contribution in [0.5, 0.6) is 0 Å². The summed E-state index contributed by atoms with van der Waals surface area (Å²) in [5, 5.41) is 0.144. The Labute approximate surface area is 136 Å². The summed E-state index contributed by atoms with van der Waals surface area (Å²) in [5.74, 6) is -1.09. The topological polar surface area (TPSA) is 96.1 Å². The van der Waals surface area contributed by atoms with Crippen LogP contribution in [0.2, 0.25) is 10.2 Å². The minimum Gasteiger partial charge on any atom is -0.340 e. The molecule has 6 nitrogen and oxygen atoms in total. The van der Waals surface area contributed by atoms with Crippen molar-refractivity contribution in [1.82, 2.24) is 9.71 Å². The Hall–Kier alpha value is -1.83. The predicted octanol–water partition coefficient (Wildman–Crippen LogP) is 2.64. The predicted molar refractivity (Wildman–Crippen MR) is 81.9 cm³/mol. The summed E-state index contributed by atoms with van der Waals surface area (Å²) in [6.07, 6.45) is 0. The number of sulfonamides is 1. The Kier molecular flexibility index (Phi) is 4.60. The van der Waals surface area contributed by atoms with Crippen LogP contribution in [0.1, 0.15) is 27.8 Å². The number of nitrogens with one attached hydrogen (secondary N) is 2. The summed E-state index contributed by atoms with van der Waals surface area (Å²) in [6.45, 7) is 1.37. The summed E-state index contributed by atoms with van der Waals surface area (Å²) < 4.78 is 26.1. The molecule has 0 aliphatic heterocycles. The van der Waals surface area contributed by atoms with Crippen LogP contribution < -0.4 is 4.72 Å². The molecule has 0 fully saturated rings. The zero-order valence-corrected chi connectivity index (χ0v) is 13.5. The van der Waals surface area contributed by atoms with Crippen molar-refractivity contribution in [2.75, 3.05) is 0 Å². The first-order chi connectivity index (χ1) is 10.2. The van der Waals surface area contributed by atoms with Gasteiger partial charge in [0.05, 0.1) is 9.92 Å². The molecule has 2 aromatic rings. The second-order valence-corrected chi connectivity index (χ2v) is 6.83. The van der Waals surface area contributed by atoms with E-state index >= 15 is 0 Å². The average Bonchev–Trinajstić information content (AvgIpc) is 2.78. The summed E-state index contributed by atoms with van der Waals surface area (Å²) >= 11 is 11.3. The molecule has 116 valence electrons. The van der Waals surface area contributed by atoms with Crippen molar-refractivity contribution in [3.63, 3.8) is 0 Å². The van der Waals surface area contributed by atoms with Gasteiger partial charge in [-0.2, -0.15) is 0 Å². The van der Waals surface area contributed by atoms with E-state index in [1.165, 1.54) is 37.3 Å². The summed E-state index contributed by atoms with van der Waals surface area (Å²) in [6, 6.07) is 6.42. The number of aromatic nitrogens is 1. The first kappa shape index (κ1) is 16.5. The Morgan fingerprint density at radius 1 is 1.14 bits per heavy atom. The molecule has 0 bridgehead atoms. The van der Waals surface area contributed by atoms with Gasteiger partial charge in [0, 0.05) is 5.56 Å². The van der Waals surface area contributed by atoms with Gasteiger partial charge in [-0.25, -0.2) is 13.1 Å². The van der Waals surface area contributed by atoms with Gasteiger partial charge in [-0.05, 0) is 25.1 Å². The maximum absolute atomic E-state index is 12.1. The maximum Gasteiger partial charge on any atom is 0.281 e. The van der Waals surface area contributed by atoms with E-state index in [0.29, 0.717) is 5.56 Å². The number of aromatic amines is 1. The quantitative estimate of drug-likeness (QED) is 0.819. The van der Waals surface area contributed by atoms with Crippen LogP contribution in [-0.4, -0.2) is 25.1 Å². The minimum absolute atomic E-state index is 0.0371. The van der Waals surface area contributed by atoms with Crippen molar-refractivity contribution < 1.29 is 18.0 Å². The second-order valence-electron chi connectivity index (χ2n) is 4.36. The third-order valence-electron chi connectivity index (χ3n) is 2.77. The van der Waals surface area contributed by atoms with E-state index in [4.69, 9.17) is 23.2 Å². The molecule has 0 atom stereocenters. The number of hydrogen-bond acceptors (Lipinski definition) is 4. The van der Waals surface area contributed by atoms with Crippen molar-refractivity contribution in [3.05, 3.63) is 51.8 Å². The molecule has 0 saturated heterocycles. The highest BCUT2D eigenvalue weighted by molar-refractivity contribution is 7.90. The molecule has 0 unspecified atom stereocenters. The van der Waals surface area contributed by atoms with Crippen molar-refractivity contribution in [2.24, 2.45) is 0 Å². The molecule has 0 spiro atoms. The normalized spacial score (nSPS) is 11.2. The highest BCUT2D eigenvalue weighted by atomic mass is 35.5. The van der Waals surface area contributed by atoms with Gasteiger partial charge in [0.1, 0.15) is 10.8 Å². The van der Waals surface area contributed by atoms with Gasteiger partial charge in [0.2, 0.25) is 0 Å². The van der Waals surface area contributed by atoms with Crippen molar-refractivity contribution in [1.29, 1.82) is 0 Å². The number of rotatable bonds is 4. The number of benzene rings is 1. The zero-order valence-electron chi connectivity index (χ0n) is 11.2. The summed E-state index contributed by atoms with van der Waals surface area (Å²) in [7, 11) is -4.07. The number of carbonyl (C=O) groups is 2. The van der Waals surface area contributed by atoms with E-state index in [9.17, 15) is 18.0 Å². The fourth-order valence-corrected chi connectivity index (χ4v) is 2.91. The SMILES string of the molecule is CC(=O)c1ccc(S(=O)(=O)NC(=O)c2cc(Cl)c(Cl)[nH]2)cc1. The van der Waals surface area contributed by atoms with Crippen LogP contribution in [0.15, 0.2) is 35.2 Å². The van der Waals surface area contributed by atoms with E-state index in [1.54, 1.807) is 0 Å². The molecule has 1 aromatic heterocycles. The van der Waals surface area contributed by atoms with Crippen LogP contribution in [0.4, 0.5) is 0 Å².